The highest BCUT2D eigenvalue weighted by Gasteiger charge is 2.10. The first-order valence-corrected chi connectivity index (χ1v) is 6.19. The molecule has 0 saturated heterocycles. The average Bonchev–Trinajstić information content (AvgIpc) is 2.86. The fourth-order valence-electron chi connectivity index (χ4n) is 1.35. The minimum atomic E-state index is 0. The maximum absolute atomic E-state index is 4.14. The Balaban J connectivity index is 0.00000162. The van der Waals surface area contributed by atoms with E-state index < -0.39 is 0 Å². The molecular formula is C9H16ClN7S. The van der Waals surface area contributed by atoms with Crippen LogP contribution in [0.15, 0.2) is 11.5 Å². The SMILES string of the molecule is CNCc1nnc(SCc2nncn2C)n1C.Cl. The van der Waals surface area contributed by atoms with Crippen molar-refractivity contribution in [3.63, 3.8) is 0 Å². The lowest BCUT2D eigenvalue weighted by molar-refractivity contribution is 0.682. The monoisotopic (exact) mass is 289 g/mol. The second kappa shape index (κ2) is 6.72. The molecule has 7 nitrogen and oxygen atoms in total. The van der Waals surface area contributed by atoms with E-state index >= 15 is 0 Å². The van der Waals surface area contributed by atoms with Crippen LogP contribution in [0, 0.1) is 0 Å². The minimum absolute atomic E-state index is 0. The van der Waals surface area contributed by atoms with E-state index in [2.05, 4.69) is 25.7 Å². The second-order valence-corrected chi connectivity index (χ2v) is 4.58. The van der Waals surface area contributed by atoms with Crippen molar-refractivity contribution >= 4 is 24.2 Å². The summed E-state index contributed by atoms with van der Waals surface area (Å²) in [7, 11) is 5.78. The highest BCUT2D eigenvalue weighted by Crippen LogP contribution is 2.19. The van der Waals surface area contributed by atoms with E-state index in [1.165, 1.54) is 0 Å². The fraction of sp³-hybridized carbons (Fsp3) is 0.556. The lowest BCUT2D eigenvalue weighted by Gasteiger charge is -2.02. The fourth-order valence-corrected chi connectivity index (χ4v) is 2.27. The van der Waals surface area contributed by atoms with E-state index in [4.69, 9.17) is 0 Å². The van der Waals surface area contributed by atoms with Crippen molar-refractivity contribution in [2.24, 2.45) is 14.1 Å². The summed E-state index contributed by atoms with van der Waals surface area (Å²) in [6.07, 6.45) is 1.69. The maximum atomic E-state index is 4.14. The Morgan fingerprint density at radius 3 is 2.61 bits per heavy atom. The maximum Gasteiger partial charge on any atom is 0.191 e. The van der Waals surface area contributed by atoms with E-state index in [1.807, 2.05) is 30.3 Å². The van der Waals surface area contributed by atoms with Gasteiger partial charge in [-0.3, -0.25) is 0 Å². The Kier molecular flexibility index (Phi) is 5.57. The molecule has 9 heteroatoms. The van der Waals surface area contributed by atoms with Crippen LogP contribution in [0.2, 0.25) is 0 Å². The highest BCUT2D eigenvalue weighted by molar-refractivity contribution is 7.98. The van der Waals surface area contributed by atoms with Gasteiger partial charge in [0.25, 0.3) is 0 Å². The molecule has 0 aromatic carbocycles. The first kappa shape index (κ1) is 14.9. The van der Waals surface area contributed by atoms with Crippen molar-refractivity contribution in [3.05, 3.63) is 18.0 Å². The van der Waals surface area contributed by atoms with Crippen molar-refractivity contribution < 1.29 is 0 Å². The van der Waals surface area contributed by atoms with E-state index in [-0.39, 0.29) is 12.4 Å². The minimum Gasteiger partial charge on any atom is -0.320 e. The van der Waals surface area contributed by atoms with Crippen LogP contribution < -0.4 is 5.32 Å². The lowest BCUT2D eigenvalue weighted by Crippen LogP contribution is -2.10. The van der Waals surface area contributed by atoms with E-state index in [9.17, 15) is 0 Å². The average molecular weight is 290 g/mol. The first-order chi connectivity index (χ1) is 8.22. The summed E-state index contributed by atoms with van der Waals surface area (Å²) in [5.74, 6) is 2.59. The summed E-state index contributed by atoms with van der Waals surface area (Å²) >= 11 is 1.60. The third kappa shape index (κ3) is 3.21. The zero-order valence-electron chi connectivity index (χ0n) is 10.5. The largest absolute Gasteiger partial charge is 0.320 e. The smallest absolute Gasteiger partial charge is 0.191 e. The number of thioether (sulfide) groups is 1. The zero-order valence-corrected chi connectivity index (χ0v) is 12.1. The van der Waals surface area contributed by atoms with Gasteiger partial charge in [0, 0.05) is 14.1 Å². The van der Waals surface area contributed by atoms with Gasteiger partial charge in [0.05, 0.1) is 12.3 Å². The van der Waals surface area contributed by atoms with E-state index in [0.29, 0.717) is 6.54 Å². The molecule has 0 fully saturated rings. The quantitative estimate of drug-likeness (QED) is 0.802. The number of hydrogen-bond donors (Lipinski definition) is 1. The predicted molar refractivity (Wildman–Crippen MR) is 71.6 cm³/mol. The van der Waals surface area contributed by atoms with Crippen molar-refractivity contribution in [2.75, 3.05) is 7.05 Å². The normalized spacial score (nSPS) is 10.4. The molecule has 2 heterocycles. The van der Waals surface area contributed by atoms with Gasteiger partial charge in [0.1, 0.15) is 18.0 Å². The van der Waals surface area contributed by atoms with Crippen LogP contribution in [0.1, 0.15) is 11.6 Å². The second-order valence-electron chi connectivity index (χ2n) is 3.63. The summed E-state index contributed by atoms with van der Waals surface area (Å²) in [6, 6.07) is 0. The summed E-state index contributed by atoms with van der Waals surface area (Å²) in [4.78, 5) is 0. The standard InChI is InChI=1S/C9H15N7S.ClH/c1-10-4-7-13-14-9(16(7)3)17-5-8-12-11-6-15(8)2;/h6,10H,4-5H2,1-3H3;1H. The van der Waals surface area contributed by atoms with Gasteiger partial charge >= 0.3 is 0 Å². The number of aromatic nitrogens is 6. The molecule has 2 aromatic heterocycles. The molecule has 0 bridgehead atoms. The van der Waals surface area contributed by atoms with Gasteiger partial charge in [-0.25, -0.2) is 0 Å². The van der Waals surface area contributed by atoms with Gasteiger partial charge in [-0.1, -0.05) is 11.8 Å². The number of aryl methyl sites for hydroxylation is 1. The number of hydrogen-bond acceptors (Lipinski definition) is 6. The van der Waals surface area contributed by atoms with Crippen LogP contribution in [-0.2, 0) is 26.4 Å². The molecule has 0 amide bonds. The van der Waals surface area contributed by atoms with Crippen LogP contribution in [0.5, 0.6) is 0 Å². The molecule has 0 aliphatic heterocycles. The van der Waals surface area contributed by atoms with Crippen molar-refractivity contribution in [1.82, 2.24) is 34.8 Å². The third-order valence-electron chi connectivity index (χ3n) is 2.40. The van der Waals surface area contributed by atoms with Crippen LogP contribution in [-0.4, -0.2) is 36.6 Å². The molecule has 100 valence electrons. The summed E-state index contributed by atoms with van der Waals surface area (Å²) in [5, 5.41) is 20.1. The molecule has 0 unspecified atom stereocenters. The Morgan fingerprint density at radius 2 is 2.00 bits per heavy atom. The molecule has 2 rings (SSSR count). The van der Waals surface area contributed by atoms with Crippen molar-refractivity contribution in [3.8, 4) is 0 Å². The molecule has 1 N–H and O–H groups in total. The Bertz CT molecular complexity index is 495. The van der Waals surface area contributed by atoms with Crippen molar-refractivity contribution in [1.29, 1.82) is 0 Å². The Labute approximate surface area is 116 Å². The molecule has 0 radical (unpaired) electrons. The van der Waals surface area contributed by atoms with E-state index in [1.54, 1.807) is 18.1 Å². The third-order valence-corrected chi connectivity index (χ3v) is 3.41. The van der Waals surface area contributed by atoms with Gasteiger partial charge in [-0.2, -0.15) is 0 Å². The predicted octanol–water partition coefficient (Wildman–Crippen LogP) is 0.377. The lowest BCUT2D eigenvalue weighted by atomic mass is 10.6. The number of rotatable bonds is 5. The number of halogens is 1. The van der Waals surface area contributed by atoms with Crippen LogP contribution >= 0.6 is 24.2 Å². The van der Waals surface area contributed by atoms with E-state index in [0.717, 1.165) is 22.6 Å². The summed E-state index contributed by atoms with van der Waals surface area (Å²) < 4.78 is 3.88. The molecule has 0 saturated carbocycles. The summed E-state index contributed by atoms with van der Waals surface area (Å²) in [5.41, 5.74) is 0. The summed E-state index contributed by atoms with van der Waals surface area (Å²) in [6.45, 7) is 0.716. The molecule has 0 aliphatic rings. The van der Waals surface area contributed by atoms with Gasteiger partial charge in [0.2, 0.25) is 0 Å². The first-order valence-electron chi connectivity index (χ1n) is 5.21. The molecule has 0 spiro atoms. The number of nitrogens with one attached hydrogen (secondary N) is 1. The highest BCUT2D eigenvalue weighted by atomic mass is 35.5. The van der Waals surface area contributed by atoms with Gasteiger partial charge in [-0.05, 0) is 7.05 Å². The van der Waals surface area contributed by atoms with Crippen LogP contribution in [0.25, 0.3) is 0 Å². The van der Waals surface area contributed by atoms with Gasteiger partial charge in [-0.15, -0.1) is 32.8 Å². The number of nitrogens with zero attached hydrogens (tertiary/aromatic N) is 6. The molecule has 18 heavy (non-hydrogen) atoms. The Morgan fingerprint density at radius 1 is 1.22 bits per heavy atom. The van der Waals surface area contributed by atoms with Crippen molar-refractivity contribution in [2.45, 2.75) is 17.5 Å². The molecular weight excluding hydrogens is 274 g/mol. The zero-order chi connectivity index (χ0) is 12.3. The van der Waals surface area contributed by atoms with Crippen LogP contribution in [0.3, 0.4) is 0 Å². The topological polar surface area (TPSA) is 73.5 Å². The molecule has 0 atom stereocenters. The van der Waals surface area contributed by atoms with Gasteiger partial charge in [0.15, 0.2) is 5.16 Å². The molecule has 0 aliphatic carbocycles. The van der Waals surface area contributed by atoms with Crippen LogP contribution in [0.4, 0.5) is 0 Å². The van der Waals surface area contributed by atoms with Gasteiger partial charge < -0.3 is 14.5 Å². The molecule has 2 aromatic rings. The Hall–Kier alpha value is -1.12.